The number of ether oxygens (including phenoxy) is 6. The number of nitrogens with one attached hydrogen (secondary N) is 1. The van der Waals surface area contributed by atoms with Crippen molar-refractivity contribution in [2.45, 2.75) is 301 Å². The fourth-order valence-corrected chi connectivity index (χ4v) is 13.5. The Kier molecular flexibility index (Phi) is 40.1. The van der Waals surface area contributed by atoms with Crippen molar-refractivity contribution < 1.29 is 75.4 Å². The van der Waals surface area contributed by atoms with Crippen LogP contribution in [0.25, 0.3) is 0 Å². The van der Waals surface area contributed by atoms with Crippen LogP contribution >= 0.6 is 7.37 Å². The van der Waals surface area contributed by atoms with Crippen LogP contribution < -0.4 is 15.9 Å². The van der Waals surface area contributed by atoms with E-state index in [1.807, 2.05) is 0 Å². The largest absolute Gasteiger partial charge is 0.508 e. The van der Waals surface area contributed by atoms with Crippen LogP contribution in [0.3, 0.4) is 0 Å². The Hall–Kier alpha value is -5.22. The van der Waals surface area contributed by atoms with Crippen LogP contribution in [-0.2, 0) is 63.3 Å². The maximum Gasteiger partial charge on any atom is 0.508 e. The summed E-state index contributed by atoms with van der Waals surface area (Å²) in [4.78, 5) is 68.2. The number of halogens is 2. The zero-order chi connectivity index (χ0) is 64.9. The zero-order valence-corrected chi connectivity index (χ0v) is 55.6. The van der Waals surface area contributed by atoms with Gasteiger partial charge in [0.15, 0.2) is 12.4 Å². The fourth-order valence-electron chi connectivity index (χ4n) is 11.3. The molecule has 0 radical (unpaired) electrons. The summed E-state index contributed by atoms with van der Waals surface area (Å²) in [6.07, 6.45) is 19.5. The number of hydrogen-bond donors (Lipinski definition) is 2. The molecule has 0 aromatic heterocycles. The number of aliphatic carboxylic acids is 1. The molecule has 0 unspecified atom stereocenters. The molecule has 1 heterocycles. The van der Waals surface area contributed by atoms with Gasteiger partial charge >= 0.3 is 30.0 Å². The van der Waals surface area contributed by atoms with Crippen LogP contribution in [0.2, 0.25) is 0 Å². The number of carbonyl (C=O) groups is 5. The Balaban J connectivity index is 1.74. The first-order valence-corrected chi connectivity index (χ1v) is 36.1. The van der Waals surface area contributed by atoms with Crippen LogP contribution in [0.4, 0.5) is 13.6 Å². The number of carbonyl (C=O) groups excluding carboxylic acids is 4. The molecular weight excluding hydrogens is 1170 g/mol. The number of unbranched alkanes of at least 4 members (excludes halogenated alkanes) is 27. The third-order valence-corrected chi connectivity index (χ3v) is 19.0. The number of carboxylic acid groups (broad SMARTS) is 1. The normalized spacial score (nSPS) is 17.1. The van der Waals surface area contributed by atoms with E-state index < -0.39 is 99.5 Å². The Morgan fingerprint density at radius 2 is 1.03 bits per heavy atom. The van der Waals surface area contributed by atoms with E-state index in [1.54, 1.807) is 91.0 Å². The summed E-state index contributed by atoms with van der Waals surface area (Å²) in [5.74, 6) is -8.29. The highest BCUT2D eigenvalue weighted by Gasteiger charge is 2.55. The minimum Gasteiger partial charge on any atom is -0.481 e. The highest BCUT2D eigenvalue weighted by molar-refractivity contribution is 7.74. The molecule has 0 spiro atoms. The molecule has 15 nitrogen and oxygen atoms in total. The summed E-state index contributed by atoms with van der Waals surface area (Å²) in [7, 11) is -4.38. The predicted octanol–water partition coefficient (Wildman–Crippen LogP) is 17.5. The lowest BCUT2D eigenvalue weighted by molar-refractivity contribution is -0.270. The van der Waals surface area contributed by atoms with Gasteiger partial charge in [-0.25, -0.2) is 4.79 Å². The highest BCUT2D eigenvalue weighted by atomic mass is 31.2. The van der Waals surface area contributed by atoms with Gasteiger partial charge < -0.3 is 43.4 Å². The second kappa shape index (κ2) is 46.8. The van der Waals surface area contributed by atoms with Gasteiger partial charge in [-0.15, -0.1) is 0 Å². The molecule has 0 bridgehead atoms. The summed E-state index contributed by atoms with van der Waals surface area (Å²) in [6, 6.07) is 23.3. The number of hydrogen-bond acceptors (Lipinski definition) is 13. The standard InChI is InChI=1S/C72H110F2NO14P/c1-4-7-10-13-16-19-21-23-26-29-41-52-64(78)86-59(46-36-28-25-22-18-15-12-9-6-3)55-65(79)88-68-66(75-70(80)72(73,74)53-42-30-27-24-20-17-14-11-8-5-2)69(83-54-43-51-63(76)77)87-62(57-85-71(81)84-56-58-44-34-31-35-45-58)67(68)89-90(82,60-47-37-32-38-48-60)61-49-39-33-40-50-61/h31-35,37-40,44-45,47-50,59,62,66-69H,4-30,36,41-43,46,51-57H2,1-3H3,(H,75,80)(H,76,77)/t59-,62-,66-,67-,68-,69+/m1/s1. The van der Waals surface area contributed by atoms with Crippen molar-refractivity contribution in [1.29, 1.82) is 0 Å². The van der Waals surface area contributed by atoms with Gasteiger partial charge in [0, 0.05) is 29.9 Å². The van der Waals surface area contributed by atoms with Gasteiger partial charge in [-0.3, -0.25) is 23.7 Å². The van der Waals surface area contributed by atoms with Crippen LogP contribution in [0.1, 0.15) is 257 Å². The van der Waals surface area contributed by atoms with E-state index in [2.05, 4.69) is 26.1 Å². The van der Waals surface area contributed by atoms with Crippen molar-refractivity contribution >= 4 is 47.9 Å². The van der Waals surface area contributed by atoms with Gasteiger partial charge in [-0.2, -0.15) is 8.78 Å². The molecule has 3 aromatic rings. The molecule has 1 aliphatic heterocycles. The molecule has 0 aliphatic carbocycles. The van der Waals surface area contributed by atoms with Crippen LogP contribution in [0.15, 0.2) is 91.0 Å². The molecule has 1 amide bonds. The minimum absolute atomic E-state index is 0.0339. The third kappa shape index (κ3) is 31.9. The molecule has 6 atom stereocenters. The molecule has 90 heavy (non-hydrogen) atoms. The average molecular weight is 1280 g/mol. The molecule has 4 rings (SSSR count). The summed E-state index contributed by atoms with van der Waals surface area (Å²) >= 11 is 0. The van der Waals surface area contributed by atoms with Crippen LogP contribution in [0.5, 0.6) is 0 Å². The van der Waals surface area contributed by atoms with E-state index >= 15 is 18.1 Å². The summed E-state index contributed by atoms with van der Waals surface area (Å²) in [5.41, 5.74) is 0.650. The third-order valence-electron chi connectivity index (χ3n) is 16.5. The maximum absolute atomic E-state index is 16.5. The molecule has 1 fully saturated rings. The zero-order valence-electron chi connectivity index (χ0n) is 54.7. The summed E-state index contributed by atoms with van der Waals surface area (Å²) in [5, 5.41) is 12.4. The fraction of sp³-hybridized carbons (Fsp3) is 0.681. The molecule has 2 N–H and O–H groups in total. The van der Waals surface area contributed by atoms with Crippen molar-refractivity contribution in [3.8, 4) is 0 Å². The maximum atomic E-state index is 16.5. The molecule has 506 valence electrons. The predicted molar refractivity (Wildman–Crippen MR) is 349 cm³/mol. The van der Waals surface area contributed by atoms with Crippen LogP contribution in [-0.4, -0.2) is 91.0 Å². The quantitative estimate of drug-likeness (QED) is 0.0234. The van der Waals surface area contributed by atoms with Gasteiger partial charge in [0.1, 0.15) is 37.6 Å². The molecular formula is C72H110F2NO14P. The Labute approximate surface area is 537 Å². The lowest BCUT2D eigenvalue weighted by Gasteiger charge is -2.46. The molecule has 1 aliphatic rings. The number of carboxylic acids is 1. The smallest absolute Gasteiger partial charge is 0.481 e. The first-order chi connectivity index (χ1) is 43.7. The second-order valence-electron chi connectivity index (χ2n) is 24.3. The highest BCUT2D eigenvalue weighted by Crippen LogP contribution is 2.49. The van der Waals surface area contributed by atoms with E-state index in [0.29, 0.717) is 37.7 Å². The molecule has 1 saturated heterocycles. The number of esters is 2. The first kappa shape index (κ1) is 77.2. The number of amides is 1. The van der Waals surface area contributed by atoms with Crippen molar-refractivity contribution in [2.24, 2.45) is 0 Å². The van der Waals surface area contributed by atoms with E-state index in [-0.39, 0.29) is 49.5 Å². The number of benzene rings is 3. The topological polar surface area (TPSA) is 199 Å². The number of alkyl halides is 2. The Morgan fingerprint density at radius 3 is 1.53 bits per heavy atom. The van der Waals surface area contributed by atoms with Gasteiger partial charge in [-0.05, 0) is 61.9 Å². The van der Waals surface area contributed by atoms with Crippen LogP contribution in [0, 0.1) is 0 Å². The van der Waals surface area contributed by atoms with Crippen molar-refractivity contribution in [3.63, 3.8) is 0 Å². The van der Waals surface area contributed by atoms with E-state index in [0.717, 1.165) is 103 Å². The van der Waals surface area contributed by atoms with Crippen molar-refractivity contribution in [3.05, 3.63) is 96.6 Å². The van der Waals surface area contributed by atoms with E-state index in [4.69, 9.17) is 32.9 Å². The molecule has 0 saturated carbocycles. The van der Waals surface area contributed by atoms with E-state index in [1.165, 1.54) is 57.8 Å². The second-order valence-corrected chi connectivity index (χ2v) is 26.7. The van der Waals surface area contributed by atoms with Gasteiger partial charge in [0.25, 0.3) is 13.3 Å². The first-order valence-electron chi connectivity index (χ1n) is 34.5. The lowest BCUT2D eigenvalue weighted by atomic mass is 9.95. The van der Waals surface area contributed by atoms with E-state index in [9.17, 15) is 24.3 Å². The summed E-state index contributed by atoms with van der Waals surface area (Å²) in [6.45, 7) is 5.29. The van der Waals surface area contributed by atoms with Gasteiger partial charge in [0.2, 0.25) is 0 Å². The SMILES string of the molecule is CCCCCCCCCCCCCC(=O)O[C@H](CCCCCCCCCCC)CC(=O)O[C@@H]1[C@@H](NC(=O)C(F)(F)CCCCCCCCCCCC)[C@@H](OCCCC(=O)O)O[C@H](COC(=O)OCc2ccccc2)[C@H]1OP(=O)(c1ccccc1)c1ccccc1. The molecule has 3 aromatic carbocycles. The van der Waals surface area contributed by atoms with Gasteiger partial charge in [-0.1, -0.05) is 261 Å². The summed E-state index contributed by atoms with van der Waals surface area (Å²) < 4.78 is 92.2. The monoisotopic (exact) mass is 1280 g/mol. The Morgan fingerprint density at radius 1 is 0.567 bits per heavy atom. The lowest BCUT2D eigenvalue weighted by Crippen LogP contribution is -2.67. The van der Waals surface area contributed by atoms with Crippen molar-refractivity contribution in [2.75, 3.05) is 13.2 Å². The minimum atomic E-state index is -4.38. The average Bonchev–Trinajstić information content (AvgIpc) is 0.790. The molecule has 18 heteroatoms. The Bertz CT molecular complexity index is 2400. The van der Waals surface area contributed by atoms with Crippen molar-refractivity contribution in [1.82, 2.24) is 5.32 Å². The van der Waals surface area contributed by atoms with Gasteiger partial charge in [0.05, 0.1) is 13.0 Å². The number of rotatable bonds is 52.